The average Bonchev–Trinajstić information content (AvgIpc) is 2.44. The normalized spacial score (nSPS) is 13.6. The van der Waals surface area contributed by atoms with Crippen LogP contribution in [0.2, 0.25) is 0 Å². The van der Waals surface area contributed by atoms with Crippen LogP contribution in [0.1, 0.15) is 39.5 Å². The van der Waals surface area contributed by atoms with Crippen LogP contribution in [0.5, 0.6) is 0 Å². The third kappa shape index (κ3) is 12.9. The Kier molecular flexibility index (Phi) is 14.1. The van der Waals surface area contributed by atoms with Crippen LogP contribution < -0.4 is 0 Å². The van der Waals surface area contributed by atoms with E-state index in [0.29, 0.717) is 52.1 Å². The summed E-state index contributed by atoms with van der Waals surface area (Å²) < 4.78 is 42.0. The van der Waals surface area contributed by atoms with Gasteiger partial charge in [-0.25, -0.2) is 0 Å². The molecule has 0 N–H and O–H groups in total. The highest BCUT2D eigenvalue weighted by Gasteiger charge is 2.22. The molecule has 0 aromatic rings. The van der Waals surface area contributed by atoms with Crippen LogP contribution in [0.15, 0.2) is 0 Å². The molecule has 0 aromatic carbocycles. The van der Waals surface area contributed by atoms with E-state index in [0.717, 1.165) is 0 Å². The number of nitriles is 1. The maximum absolute atomic E-state index is 11.2. The van der Waals surface area contributed by atoms with Gasteiger partial charge >= 0.3 is 16.5 Å². The van der Waals surface area contributed by atoms with Gasteiger partial charge in [0.1, 0.15) is 26.4 Å². The van der Waals surface area contributed by atoms with Crippen molar-refractivity contribution >= 4 is 16.5 Å². The predicted octanol–water partition coefficient (Wildman–Crippen LogP) is 4.11. The number of hydrogen-bond donors (Lipinski definition) is 0. The topological polar surface area (TPSA) is 94.9 Å². The Bertz CT molecular complexity index is 323. The third-order valence-corrected chi connectivity index (χ3v) is 4.30. The van der Waals surface area contributed by atoms with E-state index in [4.69, 9.17) is 23.4 Å². The van der Waals surface area contributed by atoms with E-state index in [9.17, 15) is 9.13 Å². The van der Waals surface area contributed by atoms with Gasteiger partial charge in [-0.05, 0) is 39.0 Å². The molecule has 0 aliphatic heterocycles. The molecule has 0 heterocycles. The molecule has 2 atom stereocenters. The van der Waals surface area contributed by atoms with E-state index in [1.54, 1.807) is 13.8 Å². The summed E-state index contributed by atoms with van der Waals surface area (Å²) in [6.45, 7) is 4.74. The van der Waals surface area contributed by atoms with Crippen LogP contribution in [0.3, 0.4) is 0 Å². The maximum Gasteiger partial charge on any atom is 0.697 e. The molecule has 0 saturated carbocycles. The minimum atomic E-state index is -2.07. The number of rotatable bonds is 14. The monoisotopic (exact) mass is 339 g/mol. The lowest BCUT2D eigenvalue weighted by Crippen LogP contribution is -2.07. The Labute approximate surface area is 127 Å². The Morgan fingerprint density at radius 3 is 1.76 bits per heavy atom. The van der Waals surface area contributed by atoms with Gasteiger partial charge in [0.15, 0.2) is 0 Å². The van der Waals surface area contributed by atoms with Gasteiger partial charge < -0.3 is 0 Å². The molecule has 0 aliphatic rings. The zero-order valence-corrected chi connectivity index (χ0v) is 14.3. The lowest BCUT2D eigenvalue weighted by atomic mass is 9.97. The summed E-state index contributed by atoms with van der Waals surface area (Å²) in [6, 6.07) is 2.09. The summed E-state index contributed by atoms with van der Waals surface area (Å²) in [6.07, 6.45) is 2.41. The van der Waals surface area contributed by atoms with Gasteiger partial charge in [-0.2, -0.15) is 5.26 Å². The van der Waals surface area contributed by atoms with Crippen LogP contribution in [-0.4, -0.2) is 26.4 Å². The molecule has 0 amide bonds. The van der Waals surface area contributed by atoms with E-state index >= 15 is 0 Å². The van der Waals surface area contributed by atoms with Gasteiger partial charge in [-0.3, -0.25) is 0 Å². The molecule has 120 valence electrons. The highest BCUT2D eigenvalue weighted by molar-refractivity contribution is 7.33. The first-order valence-electron chi connectivity index (χ1n) is 6.97. The molecule has 0 saturated heterocycles. The summed E-state index contributed by atoms with van der Waals surface area (Å²) >= 11 is 0. The molecule has 0 fully saturated rings. The zero-order chi connectivity index (χ0) is 15.9. The second-order valence-corrected chi connectivity index (χ2v) is 6.02. The van der Waals surface area contributed by atoms with Crippen molar-refractivity contribution in [3.8, 4) is 6.07 Å². The molecule has 21 heavy (non-hydrogen) atoms. The molecular weight excluding hydrogens is 316 g/mol. The highest BCUT2D eigenvalue weighted by Crippen LogP contribution is 2.27. The van der Waals surface area contributed by atoms with Crippen molar-refractivity contribution in [1.82, 2.24) is 0 Å². The fourth-order valence-electron chi connectivity index (χ4n) is 1.57. The van der Waals surface area contributed by atoms with Crippen molar-refractivity contribution in [3.05, 3.63) is 0 Å². The number of hydrogen-bond acceptors (Lipinski definition) is 7. The molecule has 9 heteroatoms. The summed E-state index contributed by atoms with van der Waals surface area (Å²) in [4.78, 5) is 0. The zero-order valence-electron chi connectivity index (χ0n) is 12.5. The molecule has 0 aromatic heterocycles. The quantitative estimate of drug-likeness (QED) is 0.439. The van der Waals surface area contributed by atoms with Gasteiger partial charge in [0, 0.05) is 15.6 Å². The summed E-state index contributed by atoms with van der Waals surface area (Å²) in [5, 5.41) is 8.64. The summed E-state index contributed by atoms with van der Waals surface area (Å²) in [5.41, 5.74) is 0. The van der Waals surface area contributed by atoms with Crippen LogP contribution in [0.25, 0.3) is 0 Å². The lowest BCUT2D eigenvalue weighted by Gasteiger charge is -2.11. The third-order valence-electron chi connectivity index (χ3n) is 2.58. The lowest BCUT2D eigenvalue weighted by molar-refractivity contribution is 0.193. The average molecular weight is 339 g/mol. The van der Waals surface area contributed by atoms with Crippen molar-refractivity contribution in [2.75, 3.05) is 26.4 Å². The van der Waals surface area contributed by atoms with Crippen molar-refractivity contribution in [2.45, 2.75) is 39.5 Å². The first-order valence-corrected chi connectivity index (χ1v) is 9.16. The highest BCUT2D eigenvalue weighted by atomic mass is 31.1. The molecule has 2 unspecified atom stereocenters. The summed E-state index contributed by atoms with van der Waals surface area (Å²) in [5.74, 6) is 0.180. The molecule has 0 bridgehead atoms. The van der Waals surface area contributed by atoms with Crippen LogP contribution in [0, 0.1) is 17.2 Å². The Morgan fingerprint density at radius 1 is 0.905 bits per heavy atom. The molecule has 0 radical (unpaired) electrons. The fraction of sp³-hybridized carbons (Fsp3) is 0.917. The minimum absolute atomic E-state index is 0.180. The van der Waals surface area contributed by atoms with Gasteiger partial charge in [0.05, 0.1) is 6.07 Å². The Hall–Kier alpha value is -0.470. The smallest absolute Gasteiger partial charge is 0.198 e. The van der Waals surface area contributed by atoms with Gasteiger partial charge in [0.2, 0.25) is 0 Å². The standard InChI is InChI=1S/C12H23NO6P2/c1-3-16-20(14)18-10-7-12(6-5-9-13)8-11-19-21(15)17-4-2/h12H,3-8,10-11H2,1-2H3/q+2. The molecule has 7 nitrogen and oxygen atoms in total. The van der Waals surface area contributed by atoms with Crippen LogP contribution >= 0.6 is 16.5 Å². The van der Waals surface area contributed by atoms with Gasteiger partial charge in [-0.1, -0.05) is 0 Å². The second kappa shape index (κ2) is 14.5. The van der Waals surface area contributed by atoms with Crippen molar-refractivity contribution in [3.63, 3.8) is 0 Å². The Balaban J connectivity index is 3.94. The van der Waals surface area contributed by atoms with Crippen LogP contribution in [0.4, 0.5) is 0 Å². The SMILES string of the molecule is CCO[P+](=O)OCCC(CCC#N)CCO[P+](=O)OCC. The molecule has 0 spiro atoms. The van der Waals surface area contributed by atoms with Crippen molar-refractivity contribution in [2.24, 2.45) is 5.92 Å². The van der Waals surface area contributed by atoms with E-state index in [1.807, 2.05) is 0 Å². The van der Waals surface area contributed by atoms with E-state index in [1.165, 1.54) is 0 Å². The Morgan fingerprint density at radius 2 is 1.38 bits per heavy atom. The largest absolute Gasteiger partial charge is 0.697 e. The second-order valence-electron chi connectivity index (χ2n) is 4.09. The van der Waals surface area contributed by atoms with Crippen molar-refractivity contribution in [1.29, 1.82) is 5.26 Å². The first-order chi connectivity index (χ1) is 10.1. The van der Waals surface area contributed by atoms with E-state index < -0.39 is 16.5 Å². The molecule has 0 rings (SSSR count). The minimum Gasteiger partial charge on any atom is -0.198 e. The fourth-order valence-corrected chi connectivity index (χ4v) is 2.65. The van der Waals surface area contributed by atoms with Crippen LogP contribution in [-0.2, 0) is 27.2 Å². The summed E-state index contributed by atoms with van der Waals surface area (Å²) in [7, 11) is -4.13. The van der Waals surface area contributed by atoms with Gasteiger partial charge in [-0.15, -0.1) is 18.1 Å². The number of nitrogens with zero attached hydrogens (tertiary/aromatic N) is 1. The van der Waals surface area contributed by atoms with Crippen molar-refractivity contribution < 1.29 is 27.2 Å². The first kappa shape index (κ1) is 20.5. The van der Waals surface area contributed by atoms with Gasteiger partial charge in [0.25, 0.3) is 0 Å². The predicted molar refractivity (Wildman–Crippen MR) is 77.9 cm³/mol. The van der Waals surface area contributed by atoms with E-state index in [2.05, 4.69) is 6.07 Å². The maximum atomic E-state index is 11.2. The van der Waals surface area contributed by atoms with E-state index in [-0.39, 0.29) is 5.92 Å². The molecule has 0 aliphatic carbocycles. The molecular formula is C12H23NO6P2+2.